The number of carbonyl (C=O) groups excluding carboxylic acids is 2. The number of amides is 4. The van der Waals surface area contributed by atoms with Gasteiger partial charge in [0.25, 0.3) is 0 Å². The van der Waals surface area contributed by atoms with Gasteiger partial charge in [0, 0.05) is 40.3 Å². The Hall–Kier alpha value is -1.46. The fraction of sp³-hybridized carbons (Fsp3) is 0.923. The van der Waals surface area contributed by atoms with Crippen molar-refractivity contribution in [3.63, 3.8) is 0 Å². The third-order valence-electron chi connectivity index (χ3n) is 10.3. The van der Waals surface area contributed by atoms with Gasteiger partial charge in [-0.2, -0.15) is 0 Å². The van der Waals surface area contributed by atoms with Gasteiger partial charge in [0.2, 0.25) is 0 Å². The molecule has 6 rings (SSSR count). The van der Waals surface area contributed by atoms with Crippen molar-refractivity contribution >= 4 is 12.1 Å². The van der Waals surface area contributed by atoms with Gasteiger partial charge < -0.3 is 20.4 Å². The van der Waals surface area contributed by atoms with E-state index in [1.165, 1.54) is 64.2 Å². The number of hydrogen-bond acceptors (Lipinski definition) is 2. The molecule has 6 nitrogen and oxygen atoms in total. The Morgan fingerprint density at radius 3 is 1.69 bits per heavy atom. The van der Waals surface area contributed by atoms with Crippen LogP contribution in [0.4, 0.5) is 9.59 Å². The average Bonchev–Trinajstić information content (AvgIpc) is 3.55. The molecule has 0 radical (unpaired) electrons. The smallest absolute Gasteiger partial charge is 0.317 e. The summed E-state index contributed by atoms with van der Waals surface area (Å²) in [5.41, 5.74) is 0. The maximum atomic E-state index is 11.7. The predicted molar refractivity (Wildman–Crippen MR) is 126 cm³/mol. The van der Waals surface area contributed by atoms with Crippen molar-refractivity contribution in [2.45, 2.75) is 76.3 Å². The van der Waals surface area contributed by atoms with Gasteiger partial charge in [0.15, 0.2) is 0 Å². The van der Waals surface area contributed by atoms with E-state index in [0.29, 0.717) is 12.1 Å². The molecule has 0 aromatic rings. The number of fused-ring (bicyclic) bond motifs is 10. The number of nitrogens with one attached hydrogen (secondary N) is 2. The summed E-state index contributed by atoms with van der Waals surface area (Å²) in [7, 11) is 7.27. The minimum atomic E-state index is 0.0809. The molecule has 6 saturated carbocycles. The van der Waals surface area contributed by atoms with Crippen molar-refractivity contribution in [3.05, 3.63) is 0 Å². The van der Waals surface area contributed by atoms with Gasteiger partial charge in [-0.3, -0.25) is 0 Å². The van der Waals surface area contributed by atoms with E-state index in [1.807, 2.05) is 28.2 Å². The quantitative estimate of drug-likeness (QED) is 0.672. The second-order valence-corrected chi connectivity index (χ2v) is 12.3. The third kappa shape index (κ3) is 4.00. The first-order valence-corrected chi connectivity index (χ1v) is 13.3. The molecule has 2 N–H and O–H groups in total. The predicted octanol–water partition coefficient (Wildman–Crippen LogP) is 4.16. The molecule has 0 aliphatic heterocycles. The zero-order valence-electron chi connectivity index (χ0n) is 20.6. The molecule has 4 amide bonds. The molecule has 6 fully saturated rings. The van der Waals surface area contributed by atoms with Gasteiger partial charge in [0.1, 0.15) is 0 Å². The summed E-state index contributed by atoms with van der Waals surface area (Å²) in [6, 6.07) is 1.09. The number of rotatable bonds is 2. The van der Waals surface area contributed by atoms with E-state index in [0.717, 1.165) is 47.3 Å². The Kier molecular flexibility index (Phi) is 6.08. The van der Waals surface area contributed by atoms with Gasteiger partial charge in [-0.25, -0.2) is 9.59 Å². The number of hydrogen-bond donors (Lipinski definition) is 2. The highest BCUT2D eigenvalue weighted by Crippen LogP contribution is 2.59. The Morgan fingerprint density at radius 1 is 0.594 bits per heavy atom. The van der Waals surface area contributed by atoms with Crippen LogP contribution in [0.25, 0.3) is 0 Å². The molecule has 4 bridgehead atoms. The van der Waals surface area contributed by atoms with Crippen LogP contribution >= 0.6 is 0 Å². The van der Waals surface area contributed by atoms with Gasteiger partial charge in [-0.15, -0.1) is 0 Å². The molecule has 9 atom stereocenters. The van der Waals surface area contributed by atoms with Crippen LogP contribution in [0.3, 0.4) is 0 Å². The summed E-state index contributed by atoms with van der Waals surface area (Å²) < 4.78 is 0. The third-order valence-corrected chi connectivity index (χ3v) is 10.3. The molecular weight excluding hydrogens is 400 g/mol. The summed E-state index contributed by atoms with van der Waals surface area (Å²) in [5, 5.41) is 6.38. The molecule has 0 aromatic heterocycles. The maximum Gasteiger partial charge on any atom is 0.317 e. The zero-order chi connectivity index (χ0) is 22.6. The van der Waals surface area contributed by atoms with Crippen LogP contribution in [0, 0.1) is 47.3 Å². The Morgan fingerprint density at radius 2 is 1.09 bits per heavy atom. The second-order valence-electron chi connectivity index (χ2n) is 12.3. The van der Waals surface area contributed by atoms with Crippen LogP contribution in [-0.2, 0) is 0 Å². The van der Waals surface area contributed by atoms with Crippen LogP contribution in [0.5, 0.6) is 0 Å². The Balaban J connectivity index is 0.000000135. The first kappa shape index (κ1) is 22.3. The van der Waals surface area contributed by atoms with Crippen molar-refractivity contribution in [1.29, 1.82) is 0 Å². The molecular formula is C26H44N4O2. The molecule has 0 aromatic carbocycles. The van der Waals surface area contributed by atoms with Crippen LogP contribution in [0.2, 0.25) is 0 Å². The maximum absolute atomic E-state index is 11.7. The lowest BCUT2D eigenvalue weighted by atomic mass is 9.80. The number of urea groups is 2. The lowest BCUT2D eigenvalue weighted by Crippen LogP contribution is -2.45. The van der Waals surface area contributed by atoms with E-state index in [4.69, 9.17) is 0 Å². The summed E-state index contributed by atoms with van der Waals surface area (Å²) in [6.45, 7) is 0. The Bertz CT molecular complexity index is 704. The van der Waals surface area contributed by atoms with Crippen LogP contribution in [0.15, 0.2) is 0 Å². The number of carbonyl (C=O) groups is 2. The van der Waals surface area contributed by atoms with Crippen molar-refractivity contribution < 1.29 is 9.59 Å². The highest BCUT2D eigenvalue weighted by atomic mass is 16.2. The first-order chi connectivity index (χ1) is 15.3. The van der Waals surface area contributed by atoms with Crippen LogP contribution in [-0.4, -0.2) is 62.1 Å². The highest BCUT2D eigenvalue weighted by Gasteiger charge is 2.54. The van der Waals surface area contributed by atoms with Gasteiger partial charge >= 0.3 is 12.1 Å². The van der Waals surface area contributed by atoms with E-state index >= 15 is 0 Å². The minimum absolute atomic E-state index is 0.0809. The van der Waals surface area contributed by atoms with E-state index < -0.39 is 0 Å². The van der Waals surface area contributed by atoms with E-state index in [-0.39, 0.29) is 12.1 Å². The molecule has 0 spiro atoms. The minimum Gasteiger partial charge on any atom is -0.335 e. The molecule has 6 aliphatic rings. The van der Waals surface area contributed by atoms with Crippen molar-refractivity contribution in [1.82, 2.24) is 20.4 Å². The van der Waals surface area contributed by atoms with E-state index in [2.05, 4.69) is 10.6 Å². The molecule has 6 heteroatoms. The molecule has 0 heterocycles. The highest BCUT2D eigenvalue weighted by molar-refractivity contribution is 5.74. The fourth-order valence-corrected chi connectivity index (χ4v) is 8.97. The molecule has 6 aliphatic carbocycles. The van der Waals surface area contributed by atoms with Crippen LogP contribution in [0.1, 0.15) is 64.2 Å². The largest absolute Gasteiger partial charge is 0.335 e. The lowest BCUT2D eigenvalue weighted by molar-refractivity contribution is 0.194. The summed E-state index contributed by atoms with van der Waals surface area (Å²) in [5.74, 6) is 7.53. The normalized spacial score (nSPS) is 44.5. The lowest BCUT2D eigenvalue weighted by Gasteiger charge is -2.30. The van der Waals surface area contributed by atoms with Gasteiger partial charge in [-0.1, -0.05) is 0 Å². The summed E-state index contributed by atoms with van der Waals surface area (Å²) in [6.07, 6.45) is 13.8. The SMILES string of the molecule is CN(C)C(=O)NC1CC2C3CCC(C3)C2C1.CN(C)C(=O)NC1CCC2C3CCC(C3)C12. The summed E-state index contributed by atoms with van der Waals surface area (Å²) in [4.78, 5) is 26.6. The standard InChI is InChI=1S/2C13H22N2O/c1-15(2)13(16)14-10-6-11-8-3-4-9(5-8)12(11)7-10;1-15(2)13(16)14-11-6-5-10-8-3-4-9(7-8)12(10)11/h2*8-12H,3-7H2,1-2H3,(H,14,16). The molecule has 9 unspecified atom stereocenters. The first-order valence-electron chi connectivity index (χ1n) is 13.3. The molecule has 0 saturated heterocycles. The van der Waals surface area contributed by atoms with Gasteiger partial charge in [0.05, 0.1) is 0 Å². The zero-order valence-corrected chi connectivity index (χ0v) is 20.6. The Labute approximate surface area is 194 Å². The average molecular weight is 445 g/mol. The van der Waals surface area contributed by atoms with Crippen molar-refractivity contribution in [2.75, 3.05) is 28.2 Å². The topological polar surface area (TPSA) is 64.7 Å². The van der Waals surface area contributed by atoms with Gasteiger partial charge in [-0.05, 0) is 112 Å². The van der Waals surface area contributed by atoms with Crippen molar-refractivity contribution in [2.24, 2.45) is 47.3 Å². The summed E-state index contributed by atoms with van der Waals surface area (Å²) >= 11 is 0. The fourth-order valence-electron chi connectivity index (χ4n) is 8.97. The van der Waals surface area contributed by atoms with E-state index in [1.54, 1.807) is 9.80 Å². The number of nitrogens with zero attached hydrogens (tertiary/aromatic N) is 2. The molecule has 180 valence electrons. The van der Waals surface area contributed by atoms with E-state index in [9.17, 15) is 9.59 Å². The van der Waals surface area contributed by atoms with Crippen LogP contribution < -0.4 is 10.6 Å². The van der Waals surface area contributed by atoms with Crippen molar-refractivity contribution in [3.8, 4) is 0 Å². The second kappa shape index (κ2) is 8.72. The monoisotopic (exact) mass is 444 g/mol. The molecule has 32 heavy (non-hydrogen) atoms.